The Balaban J connectivity index is 1.69. The number of hydrogen-bond acceptors (Lipinski definition) is 4. The van der Waals surface area contributed by atoms with Crippen LogP contribution in [0, 0.1) is 6.92 Å². The van der Waals surface area contributed by atoms with E-state index < -0.39 is 0 Å². The number of benzene rings is 2. The van der Waals surface area contributed by atoms with Gasteiger partial charge in [-0.3, -0.25) is 4.79 Å². The lowest BCUT2D eigenvalue weighted by atomic mass is 10.1. The number of thioether (sulfide) groups is 1. The van der Waals surface area contributed by atoms with E-state index in [0.717, 1.165) is 27.7 Å². The second kappa shape index (κ2) is 9.06. The molecular weight excluding hydrogens is 368 g/mol. The molecular formula is C22H26N4OS. The molecule has 1 aromatic heterocycles. The highest BCUT2D eigenvalue weighted by atomic mass is 32.2. The Labute approximate surface area is 170 Å². The first-order valence-corrected chi connectivity index (χ1v) is 10.4. The summed E-state index contributed by atoms with van der Waals surface area (Å²) in [5, 5.41) is 9.38. The van der Waals surface area contributed by atoms with Crippen LogP contribution in [0.4, 0.5) is 0 Å². The molecule has 2 aromatic carbocycles. The Morgan fingerprint density at radius 1 is 1.07 bits per heavy atom. The van der Waals surface area contributed by atoms with Gasteiger partial charge >= 0.3 is 0 Å². The molecule has 3 aromatic rings. The zero-order chi connectivity index (χ0) is 20.1. The van der Waals surface area contributed by atoms with E-state index in [2.05, 4.69) is 23.2 Å². The zero-order valence-electron chi connectivity index (χ0n) is 16.8. The smallest absolute Gasteiger partial charge is 0.233 e. The summed E-state index contributed by atoms with van der Waals surface area (Å²) in [4.78, 5) is 14.8. The highest BCUT2D eigenvalue weighted by molar-refractivity contribution is 7.99. The Bertz CT molecular complexity index is 937. The summed E-state index contributed by atoms with van der Waals surface area (Å²) in [6.45, 7) is 6.77. The van der Waals surface area contributed by atoms with Gasteiger partial charge in [0.25, 0.3) is 0 Å². The number of rotatable bonds is 7. The van der Waals surface area contributed by atoms with Crippen LogP contribution in [0.3, 0.4) is 0 Å². The van der Waals surface area contributed by atoms with Gasteiger partial charge in [-0.25, -0.2) is 0 Å². The molecule has 0 saturated heterocycles. The molecule has 0 radical (unpaired) electrons. The van der Waals surface area contributed by atoms with E-state index in [-0.39, 0.29) is 11.9 Å². The molecule has 0 saturated carbocycles. The van der Waals surface area contributed by atoms with Crippen molar-refractivity contribution in [2.24, 2.45) is 7.05 Å². The van der Waals surface area contributed by atoms with Crippen LogP contribution in [0.25, 0.3) is 11.4 Å². The molecule has 5 nitrogen and oxygen atoms in total. The number of aromatic nitrogens is 3. The summed E-state index contributed by atoms with van der Waals surface area (Å²) in [6.07, 6.45) is 0. The van der Waals surface area contributed by atoms with Gasteiger partial charge in [-0.2, -0.15) is 0 Å². The number of carbonyl (C=O) groups excluding carboxylic acids is 1. The van der Waals surface area contributed by atoms with Crippen molar-refractivity contribution < 1.29 is 4.79 Å². The van der Waals surface area contributed by atoms with E-state index in [0.29, 0.717) is 12.3 Å². The van der Waals surface area contributed by atoms with E-state index in [9.17, 15) is 4.79 Å². The third kappa shape index (κ3) is 4.62. The van der Waals surface area contributed by atoms with Gasteiger partial charge in [-0.05, 0) is 31.9 Å². The van der Waals surface area contributed by atoms with Crippen LogP contribution in [0.5, 0.6) is 0 Å². The minimum absolute atomic E-state index is 0.101. The molecule has 0 aliphatic rings. The van der Waals surface area contributed by atoms with Gasteiger partial charge in [0.15, 0.2) is 11.0 Å². The van der Waals surface area contributed by atoms with E-state index >= 15 is 0 Å². The normalized spacial score (nSPS) is 11.0. The molecule has 1 amide bonds. The largest absolute Gasteiger partial charge is 0.335 e. The van der Waals surface area contributed by atoms with E-state index in [1.807, 2.05) is 78.9 Å². The number of amides is 1. The minimum Gasteiger partial charge on any atom is -0.335 e. The molecule has 28 heavy (non-hydrogen) atoms. The fourth-order valence-corrected chi connectivity index (χ4v) is 3.84. The maximum absolute atomic E-state index is 12.9. The SMILES string of the molecule is Cc1ccccc1-c1nnc(SCC(=O)N(Cc2ccccc2)C(C)C)n1C. The number of hydrogen-bond donors (Lipinski definition) is 0. The van der Waals surface area contributed by atoms with Crippen LogP contribution in [0.1, 0.15) is 25.0 Å². The molecule has 6 heteroatoms. The molecule has 0 aliphatic carbocycles. The van der Waals surface area contributed by atoms with Crippen LogP contribution < -0.4 is 0 Å². The summed E-state index contributed by atoms with van der Waals surface area (Å²) >= 11 is 1.43. The topological polar surface area (TPSA) is 51.0 Å². The van der Waals surface area contributed by atoms with Crippen molar-refractivity contribution in [2.45, 2.75) is 38.5 Å². The van der Waals surface area contributed by atoms with Crippen molar-refractivity contribution >= 4 is 17.7 Å². The molecule has 3 rings (SSSR count). The van der Waals surface area contributed by atoms with Crippen LogP contribution in [0.2, 0.25) is 0 Å². The van der Waals surface area contributed by atoms with Crippen LogP contribution in [-0.2, 0) is 18.4 Å². The van der Waals surface area contributed by atoms with Crippen molar-refractivity contribution in [3.8, 4) is 11.4 Å². The number of carbonyl (C=O) groups is 1. The Hall–Kier alpha value is -2.60. The monoisotopic (exact) mass is 394 g/mol. The van der Waals surface area contributed by atoms with E-state index in [4.69, 9.17) is 0 Å². The van der Waals surface area contributed by atoms with Crippen LogP contribution in [-0.4, -0.2) is 37.4 Å². The lowest BCUT2D eigenvalue weighted by Crippen LogP contribution is -2.37. The van der Waals surface area contributed by atoms with Gasteiger partial charge in [0.2, 0.25) is 5.91 Å². The molecule has 146 valence electrons. The molecule has 0 N–H and O–H groups in total. The molecule has 0 aliphatic heterocycles. The Morgan fingerprint density at radius 3 is 2.43 bits per heavy atom. The van der Waals surface area contributed by atoms with Crippen LogP contribution in [0.15, 0.2) is 59.8 Å². The summed E-state index contributed by atoms with van der Waals surface area (Å²) in [5.41, 5.74) is 3.35. The van der Waals surface area contributed by atoms with Gasteiger partial charge in [-0.1, -0.05) is 66.4 Å². The lowest BCUT2D eigenvalue weighted by Gasteiger charge is -2.26. The molecule has 0 unspecified atom stereocenters. The average Bonchev–Trinajstić information content (AvgIpc) is 3.05. The number of aryl methyl sites for hydroxylation is 1. The van der Waals surface area contributed by atoms with Crippen molar-refractivity contribution in [3.05, 3.63) is 65.7 Å². The lowest BCUT2D eigenvalue weighted by molar-refractivity contribution is -0.130. The fourth-order valence-electron chi connectivity index (χ4n) is 3.05. The molecule has 0 fully saturated rings. The van der Waals surface area contributed by atoms with Crippen molar-refractivity contribution in [2.75, 3.05) is 5.75 Å². The van der Waals surface area contributed by atoms with Crippen molar-refractivity contribution in [1.29, 1.82) is 0 Å². The van der Waals surface area contributed by atoms with Crippen LogP contribution >= 0.6 is 11.8 Å². The van der Waals surface area contributed by atoms with Crippen molar-refractivity contribution in [1.82, 2.24) is 19.7 Å². The summed E-state index contributed by atoms with van der Waals surface area (Å²) in [5.74, 6) is 1.26. The van der Waals surface area contributed by atoms with Gasteiger partial charge in [0.05, 0.1) is 5.75 Å². The third-order valence-electron chi connectivity index (χ3n) is 4.69. The van der Waals surface area contributed by atoms with E-state index in [1.54, 1.807) is 0 Å². The molecule has 1 heterocycles. The van der Waals surface area contributed by atoms with Gasteiger partial charge in [0, 0.05) is 25.2 Å². The first-order valence-electron chi connectivity index (χ1n) is 9.39. The molecule has 0 bridgehead atoms. The highest BCUT2D eigenvalue weighted by Gasteiger charge is 2.19. The van der Waals surface area contributed by atoms with Gasteiger partial charge in [0.1, 0.15) is 0 Å². The molecule has 0 atom stereocenters. The first-order chi connectivity index (χ1) is 13.5. The highest BCUT2D eigenvalue weighted by Crippen LogP contribution is 2.25. The van der Waals surface area contributed by atoms with Gasteiger partial charge in [-0.15, -0.1) is 10.2 Å². The maximum Gasteiger partial charge on any atom is 0.233 e. The quantitative estimate of drug-likeness (QED) is 0.560. The average molecular weight is 395 g/mol. The fraction of sp³-hybridized carbons (Fsp3) is 0.318. The number of nitrogens with zero attached hydrogens (tertiary/aromatic N) is 4. The zero-order valence-corrected chi connectivity index (χ0v) is 17.6. The second-order valence-electron chi connectivity index (χ2n) is 7.07. The van der Waals surface area contributed by atoms with E-state index in [1.165, 1.54) is 11.8 Å². The standard InChI is InChI=1S/C22H26N4OS/c1-16(2)26(14-18-11-6-5-7-12-18)20(27)15-28-22-24-23-21(25(22)4)19-13-9-8-10-17(19)3/h5-13,16H,14-15H2,1-4H3. The predicted molar refractivity (Wildman–Crippen MR) is 114 cm³/mol. The second-order valence-corrected chi connectivity index (χ2v) is 8.01. The Kier molecular flexibility index (Phi) is 6.52. The summed E-state index contributed by atoms with van der Waals surface area (Å²) in [6, 6.07) is 18.3. The Morgan fingerprint density at radius 2 is 1.75 bits per heavy atom. The maximum atomic E-state index is 12.9. The molecule has 0 spiro atoms. The van der Waals surface area contributed by atoms with Crippen molar-refractivity contribution in [3.63, 3.8) is 0 Å². The van der Waals surface area contributed by atoms with Gasteiger partial charge < -0.3 is 9.47 Å². The predicted octanol–water partition coefficient (Wildman–Crippen LogP) is 4.32. The third-order valence-corrected chi connectivity index (χ3v) is 5.69. The summed E-state index contributed by atoms with van der Waals surface area (Å²) < 4.78 is 1.96. The first kappa shape index (κ1) is 20.1. The summed E-state index contributed by atoms with van der Waals surface area (Å²) in [7, 11) is 1.94. The minimum atomic E-state index is 0.101.